The summed E-state index contributed by atoms with van der Waals surface area (Å²) in [5.41, 5.74) is -1.15. The van der Waals surface area contributed by atoms with Crippen LogP contribution in [0, 0.1) is 5.82 Å². The number of ether oxygens (including phenoxy) is 1. The first-order chi connectivity index (χ1) is 6.52. The quantitative estimate of drug-likeness (QED) is 0.698. The molecule has 1 nitrogen and oxygen atoms in total. The summed E-state index contributed by atoms with van der Waals surface area (Å²) < 4.78 is 64.2. The lowest BCUT2D eigenvalue weighted by Gasteiger charge is -2.10. The van der Waals surface area contributed by atoms with Crippen molar-refractivity contribution < 1.29 is 26.7 Å². The van der Waals surface area contributed by atoms with Gasteiger partial charge in [-0.25, -0.2) is 13.2 Å². The SMILES string of the molecule is Fc1cccc(OC(F)F)c1C(F)F. The molecule has 0 aliphatic heterocycles. The van der Waals surface area contributed by atoms with Gasteiger partial charge in [-0.15, -0.1) is 0 Å². The van der Waals surface area contributed by atoms with Crippen molar-refractivity contribution >= 4 is 0 Å². The van der Waals surface area contributed by atoms with Crippen LogP contribution in [0.5, 0.6) is 5.75 Å². The molecule has 0 spiro atoms. The molecular weight excluding hydrogens is 207 g/mol. The lowest BCUT2D eigenvalue weighted by molar-refractivity contribution is -0.0522. The zero-order valence-electron chi connectivity index (χ0n) is 6.68. The van der Waals surface area contributed by atoms with Gasteiger partial charge in [0.2, 0.25) is 0 Å². The van der Waals surface area contributed by atoms with Gasteiger partial charge in [0.25, 0.3) is 6.43 Å². The molecule has 0 bridgehead atoms. The van der Waals surface area contributed by atoms with Crippen molar-refractivity contribution in [3.8, 4) is 5.75 Å². The Kier molecular flexibility index (Phi) is 3.27. The number of hydrogen-bond acceptors (Lipinski definition) is 1. The average Bonchev–Trinajstić information content (AvgIpc) is 2.01. The van der Waals surface area contributed by atoms with E-state index in [0.29, 0.717) is 0 Å². The Morgan fingerprint density at radius 1 is 1.07 bits per heavy atom. The zero-order chi connectivity index (χ0) is 10.7. The van der Waals surface area contributed by atoms with E-state index in [1.165, 1.54) is 0 Å². The Labute approximate surface area is 76.1 Å². The van der Waals surface area contributed by atoms with E-state index in [-0.39, 0.29) is 0 Å². The molecule has 0 heterocycles. The van der Waals surface area contributed by atoms with Crippen LogP contribution in [0.3, 0.4) is 0 Å². The van der Waals surface area contributed by atoms with Crippen LogP contribution in [0.4, 0.5) is 22.0 Å². The highest BCUT2D eigenvalue weighted by molar-refractivity contribution is 5.35. The Hall–Kier alpha value is -1.33. The Balaban J connectivity index is 3.08. The molecule has 0 saturated carbocycles. The Morgan fingerprint density at radius 3 is 2.21 bits per heavy atom. The third kappa shape index (κ3) is 2.34. The summed E-state index contributed by atoms with van der Waals surface area (Å²) in [7, 11) is 0. The molecule has 1 aromatic rings. The summed E-state index contributed by atoms with van der Waals surface area (Å²) in [5.74, 6) is -2.10. The third-order valence-electron chi connectivity index (χ3n) is 1.45. The predicted octanol–water partition coefficient (Wildman–Crippen LogP) is 3.36. The number of halogens is 5. The highest BCUT2D eigenvalue weighted by Gasteiger charge is 2.21. The number of benzene rings is 1. The van der Waals surface area contributed by atoms with Crippen LogP contribution in [0.25, 0.3) is 0 Å². The first-order valence-electron chi connectivity index (χ1n) is 3.53. The largest absolute Gasteiger partial charge is 0.434 e. The van der Waals surface area contributed by atoms with E-state index in [1.54, 1.807) is 0 Å². The molecule has 0 aromatic heterocycles. The molecule has 0 fully saturated rings. The number of hydrogen-bond donors (Lipinski definition) is 0. The zero-order valence-corrected chi connectivity index (χ0v) is 6.68. The fraction of sp³-hybridized carbons (Fsp3) is 0.250. The van der Waals surface area contributed by atoms with Crippen LogP contribution in [0.15, 0.2) is 18.2 Å². The van der Waals surface area contributed by atoms with Gasteiger partial charge in [0, 0.05) is 0 Å². The normalized spacial score (nSPS) is 11.1. The molecule has 0 unspecified atom stereocenters. The minimum Gasteiger partial charge on any atom is -0.434 e. The summed E-state index contributed by atoms with van der Waals surface area (Å²) in [5, 5.41) is 0. The number of rotatable bonds is 3. The van der Waals surface area contributed by atoms with Gasteiger partial charge in [-0.05, 0) is 12.1 Å². The van der Waals surface area contributed by atoms with Gasteiger partial charge in [-0.2, -0.15) is 8.78 Å². The van der Waals surface area contributed by atoms with Crippen molar-refractivity contribution in [1.29, 1.82) is 0 Å². The van der Waals surface area contributed by atoms with Crippen LogP contribution in [-0.2, 0) is 0 Å². The minimum absolute atomic E-state index is 0.750. The van der Waals surface area contributed by atoms with Crippen molar-refractivity contribution in [1.82, 2.24) is 0 Å². The lowest BCUT2D eigenvalue weighted by atomic mass is 10.2. The van der Waals surface area contributed by atoms with Gasteiger partial charge >= 0.3 is 6.61 Å². The first-order valence-corrected chi connectivity index (χ1v) is 3.53. The minimum atomic E-state index is -3.26. The number of alkyl halides is 4. The monoisotopic (exact) mass is 212 g/mol. The van der Waals surface area contributed by atoms with Crippen LogP contribution in [0.2, 0.25) is 0 Å². The maximum absolute atomic E-state index is 12.7. The van der Waals surface area contributed by atoms with E-state index < -0.39 is 30.2 Å². The smallest absolute Gasteiger partial charge is 0.387 e. The van der Waals surface area contributed by atoms with Crippen molar-refractivity contribution in [3.63, 3.8) is 0 Å². The van der Waals surface area contributed by atoms with E-state index >= 15 is 0 Å². The summed E-state index contributed by atoms with van der Waals surface area (Å²) in [6.45, 7) is -3.26. The van der Waals surface area contributed by atoms with Crippen LogP contribution < -0.4 is 4.74 Å². The molecule has 6 heteroatoms. The highest BCUT2D eigenvalue weighted by atomic mass is 19.3. The second-order valence-electron chi connectivity index (χ2n) is 2.33. The molecule has 1 aromatic carbocycles. The van der Waals surface area contributed by atoms with E-state index in [4.69, 9.17) is 0 Å². The summed E-state index contributed by atoms with van der Waals surface area (Å²) in [6.07, 6.45) is -3.19. The molecule has 0 amide bonds. The molecule has 0 N–H and O–H groups in total. The second kappa shape index (κ2) is 4.26. The van der Waals surface area contributed by atoms with Crippen molar-refractivity contribution in [2.24, 2.45) is 0 Å². The van der Waals surface area contributed by atoms with Gasteiger partial charge in [-0.3, -0.25) is 0 Å². The average molecular weight is 212 g/mol. The fourth-order valence-corrected chi connectivity index (χ4v) is 0.928. The molecule has 0 saturated heterocycles. The molecule has 0 aliphatic carbocycles. The van der Waals surface area contributed by atoms with Gasteiger partial charge in [0.1, 0.15) is 11.6 Å². The summed E-state index contributed by atoms with van der Waals surface area (Å²) in [6, 6.07) is 2.62. The standard InChI is InChI=1S/C8H5F5O/c9-4-2-1-3-5(14-8(12)13)6(4)7(10)11/h1-3,7-8H. The second-order valence-corrected chi connectivity index (χ2v) is 2.33. The van der Waals surface area contributed by atoms with Gasteiger partial charge in [0.15, 0.2) is 0 Å². The molecule has 0 atom stereocenters. The molecule has 14 heavy (non-hydrogen) atoms. The topological polar surface area (TPSA) is 9.23 Å². The molecule has 78 valence electrons. The van der Waals surface area contributed by atoms with Crippen molar-refractivity contribution in [3.05, 3.63) is 29.6 Å². The lowest BCUT2D eigenvalue weighted by Crippen LogP contribution is -2.06. The third-order valence-corrected chi connectivity index (χ3v) is 1.45. The van der Waals surface area contributed by atoms with E-state index in [0.717, 1.165) is 18.2 Å². The van der Waals surface area contributed by atoms with Crippen LogP contribution >= 0.6 is 0 Å². The van der Waals surface area contributed by atoms with Gasteiger partial charge in [0.05, 0.1) is 5.56 Å². The molecule has 1 rings (SSSR count). The molecule has 0 aliphatic rings. The molecule has 0 radical (unpaired) electrons. The highest BCUT2D eigenvalue weighted by Crippen LogP contribution is 2.32. The van der Waals surface area contributed by atoms with E-state index in [1.807, 2.05) is 0 Å². The van der Waals surface area contributed by atoms with Crippen LogP contribution in [0.1, 0.15) is 12.0 Å². The van der Waals surface area contributed by atoms with Gasteiger partial charge < -0.3 is 4.74 Å². The van der Waals surface area contributed by atoms with E-state index in [9.17, 15) is 22.0 Å². The maximum Gasteiger partial charge on any atom is 0.387 e. The Morgan fingerprint density at radius 2 is 1.71 bits per heavy atom. The fourth-order valence-electron chi connectivity index (χ4n) is 0.928. The summed E-state index contributed by atoms with van der Waals surface area (Å²) >= 11 is 0. The molecular formula is C8H5F5O. The van der Waals surface area contributed by atoms with E-state index in [2.05, 4.69) is 4.74 Å². The predicted molar refractivity (Wildman–Crippen MR) is 38.0 cm³/mol. The Bertz CT molecular complexity index is 313. The van der Waals surface area contributed by atoms with Crippen LogP contribution in [-0.4, -0.2) is 6.61 Å². The summed E-state index contributed by atoms with van der Waals surface area (Å²) in [4.78, 5) is 0. The first kappa shape index (κ1) is 10.7. The van der Waals surface area contributed by atoms with Crippen molar-refractivity contribution in [2.75, 3.05) is 0 Å². The maximum atomic E-state index is 12.7. The van der Waals surface area contributed by atoms with Gasteiger partial charge in [-0.1, -0.05) is 6.07 Å². The van der Waals surface area contributed by atoms with Crippen molar-refractivity contribution in [2.45, 2.75) is 13.0 Å².